The van der Waals surface area contributed by atoms with Gasteiger partial charge in [0.05, 0.1) is 18.6 Å². The molecule has 1 aromatic carbocycles. The Kier molecular flexibility index (Phi) is 6.18. The molecule has 0 radical (unpaired) electrons. The quantitative estimate of drug-likeness (QED) is 0.620. The molecule has 0 aromatic heterocycles. The molecule has 0 unspecified atom stereocenters. The minimum absolute atomic E-state index is 0.104. The molecule has 0 bridgehead atoms. The van der Waals surface area contributed by atoms with Crippen LogP contribution in [0, 0.1) is 5.82 Å². The van der Waals surface area contributed by atoms with Gasteiger partial charge < -0.3 is 9.64 Å². The maximum absolute atomic E-state index is 13.5. The summed E-state index contributed by atoms with van der Waals surface area (Å²) in [5.74, 6) is -1.25. The molecule has 0 aliphatic carbocycles. The van der Waals surface area contributed by atoms with Crippen molar-refractivity contribution in [3.8, 4) is 0 Å². The second-order valence-electron chi connectivity index (χ2n) is 4.05. The zero-order chi connectivity index (χ0) is 15.1. The van der Waals surface area contributed by atoms with Crippen LogP contribution in [-0.2, 0) is 14.3 Å². The second-order valence-corrected chi connectivity index (χ2v) is 4.46. The molecule has 0 heterocycles. The first-order valence-electron chi connectivity index (χ1n) is 5.89. The number of carbonyl (C=O) groups excluding carboxylic acids is 2. The molecular formula is C14H15ClFNO3. The number of methoxy groups -OCH3 is 1. The van der Waals surface area contributed by atoms with Crippen molar-refractivity contribution in [2.45, 2.75) is 6.42 Å². The number of likely N-dealkylation sites (N-methyl/N-ethyl adjacent to an activating group) is 1. The third kappa shape index (κ3) is 4.66. The highest BCUT2D eigenvalue weighted by molar-refractivity contribution is 6.32. The van der Waals surface area contributed by atoms with Crippen molar-refractivity contribution in [2.75, 3.05) is 20.7 Å². The van der Waals surface area contributed by atoms with E-state index in [0.29, 0.717) is 0 Å². The lowest BCUT2D eigenvalue weighted by Gasteiger charge is -2.13. The Morgan fingerprint density at radius 1 is 1.45 bits per heavy atom. The molecule has 0 spiro atoms. The Morgan fingerprint density at radius 2 is 2.15 bits per heavy atom. The number of hydrogen-bond donors (Lipinski definition) is 0. The van der Waals surface area contributed by atoms with Crippen LogP contribution in [0.3, 0.4) is 0 Å². The first kappa shape index (κ1) is 16.2. The maximum Gasteiger partial charge on any atom is 0.307 e. The Hall–Kier alpha value is -1.88. The van der Waals surface area contributed by atoms with Crippen LogP contribution >= 0.6 is 11.6 Å². The topological polar surface area (TPSA) is 46.6 Å². The van der Waals surface area contributed by atoms with E-state index in [4.69, 9.17) is 11.6 Å². The third-order valence-electron chi connectivity index (χ3n) is 2.65. The molecule has 1 amide bonds. The van der Waals surface area contributed by atoms with Gasteiger partial charge in [0.2, 0.25) is 5.91 Å². The molecule has 0 aliphatic rings. The Balaban J connectivity index is 2.65. The lowest BCUT2D eigenvalue weighted by Crippen LogP contribution is -2.27. The predicted octanol–water partition coefficient (Wildman–Crippen LogP) is 2.51. The minimum Gasteiger partial charge on any atom is -0.469 e. The van der Waals surface area contributed by atoms with Gasteiger partial charge in [0.1, 0.15) is 5.82 Å². The summed E-state index contributed by atoms with van der Waals surface area (Å²) in [4.78, 5) is 24.1. The van der Waals surface area contributed by atoms with Crippen molar-refractivity contribution in [1.29, 1.82) is 0 Å². The lowest BCUT2D eigenvalue weighted by atomic mass is 10.2. The van der Waals surface area contributed by atoms with Gasteiger partial charge in [0.15, 0.2) is 0 Å². The standard InChI is InChI=1S/C14H15ClFNO3/c1-17(9-8-14(19)20-2)13(18)7-6-10-11(15)4-3-5-12(10)16/h3-7H,8-9H2,1-2H3. The first-order chi connectivity index (χ1) is 9.45. The molecule has 0 atom stereocenters. The van der Waals surface area contributed by atoms with Crippen molar-refractivity contribution in [2.24, 2.45) is 0 Å². The maximum atomic E-state index is 13.5. The zero-order valence-electron chi connectivity index (χ0n) is 11.2. The van der Waals surface area contributed by atoms with Crippen molar-refractivity contribution in [1.82, 2.24) is 4.90 Å². The molecule has 0 aliphatic heterocycles. The van der Waals surface area contributed by atoms with E-state index in [1.165, 1.54) is 42.4 Å². The van der Waals surface area contributed by atoms with Crippen LogP contribution in [0.15, 0.2) is 24.3 Å². The van der Waals surface area contributed by atoms with E-state index in [1.807, 2.05) is 0 Å². The molecule has 1 aromatic rings. The van der Waals surface area contributed by atoms with E-state index in [-0.39, 0.29) is 29.5 Å². The van der Waals surface area contributed by atoms with Crippen LogP contribution in [0.5, 0.6) is 0 Å². The summed E-state index contributed by atoms with van der Waals surface area (Å²) in [5.41, 5.74) is 0.156. The third-order valence-corrected chi connectivity index (χ3v) is 2.98. The highest BCUT2D eigenvalue weighted by Gasteiger charge is 2.09. The van der Waals surface area contributed by atoms with Crippen LogP contribution in [-0.4, -0.2) is 37.5 Å². The fraction of sp³-hybridized carbons (Fsp3) is 0.286. The van der Waals surface area contributed by atoms with Crippen molar-refractivity contribution < 1.29 is 18.7 Å². The van der Waals surface area contributed by atoms with Crippen LogP contribution in [0.2, 0.25) is 5.02 Å². The average Bonchev–Trinajstić information content (AvgIpc) is 2.43. The summed E-state index contributed by atoms with van der Waals surface area (Å²) in [6.07, 6.45) is 2.63. The van der Waals surface area contributed by atoms with Crippen molar-refractivity contribution in [3.63, 3.8) is 0 Å². The monoisotopic (exact) mass is 299 g/mol. The van der Waals surface area contributed by atoms with Gasteiger partial charge in [-0.05, 0) is 18.2 Å². The highest BCUT2D eigenvalue weighted by Crippen LogP contribution is 2.20. The molecule has 0 fully saturated rings. The largest absolute Gasteiger partial charge is 0.469 e. The molecule has 1 rings (SSSR count). The summed E-state index contributed by atoms with van der Waals surface area (Å²) in [7, 11) is 2.82. The molecule has 20 heavy (non-hydrogen) atoms. The Morgan fingerprint density at radius 3 is 2.75 bits per heavy atom. The first-order valence-corrected chi connectivity index (χ1v) is 6.27. The number of esters is 1. The predicted molar refractivity (Wildman–Crippen MR) is 74.7 cm³/mol. The van der Waals surface area contributed by atoms with Gasteiger partial charge in [-0.1, -0.05) is 17.7 Å². The highest BCUT2D eigenvalue weighted by atomic mass is 35.5. The van der Waals surface area contributed by atoms with Crippen LogP contribution < -0.4 is 0 Å². The average molecular weight is 300 g/mol. The van der Waals surface area contributed by atoms with Gasteiger partial charge in [0.25, 0.3) is 0 Å². The van der Waals surface area contributed by atoms with E-state index < -0.39 is 11.8 Å². The second kappa shape index (κ2) is 7.65. The van der Waals surface area contributed by atoms with E-state index >= 15 is 0 Å². The number of carbonyl (C=O) groups is 2. The number of hydrogen-bond acceptors (Lipinski definition) is 3. The van der Waals surface area contributed by atoms with E-state index in [9.17, 15) is 14.0 Å². The van der Waals surface area contributed by atoms with Crippen molar-refractivity contribution >= 4 is 29.6 Å². The number of rotatable bonds is 5. The summed E-state index contributed by atoms with van der Waals surface area (Å²) < 4.78 is 18.0. The smallest absolute Gasteiger partial charge is 0.307 e. The lowest BCUT2D eigenvalue weighted by molar-refractivity contribution is -0.141. The van der Waals surface area contributed by atoms with E-state index in [0.717, 1.165) is 0 Å². The van der Waals surface area contributed by atoms with Crippen molar-refractivity contribution in [3.05, 3.63) is 40.7 Å². The SMILES string of the molecule is COC(=O)CCN(C)C(=O)C=Cc1c(F)cccc1Cl. The zero-order valence-corrected chi connectivity index (χ0v) is 12.0. The molecule has 0 saturated heterocycles. The van der Waals surface area contributed by atoms with Crippen LogP contribution in [0.4, 0.5) is 4.39 Å². The van der Waals surface area contributed by atoms with Gasteiger partial charge >= 0.3 is 5.97 Å². The number of benzene rings is 1. The fourth-order valence-corrected chi connectivity index (χ4v) is 1.65. The summed E-state index contributed by atoms with van der Waals surface area (Å²) in [6, 6.07) is 4.28. The summed E-state index contributed by atoms with van der Waals surface area (Å²) >= 11 is 5.84. The summed E-state index contributed by atoms with van der Waals surface area (Å²) in [5, 5.41) is 0.228. The molecule has 108 valence electrons. The van der Waals surface area contributed by atoms with E-state index in [1.54, 1.807) is 7.05 Å². The van der Waals surface area contributed by atoms with Gasteiger partial charge in [-0.3, -0.25) is 9.59 Å². The fourth-order valence-electron chi connectivity index (χ4n) is 1.42. The number of ether oxygens (including phenoxy) is 1. The Bertz CT molecular complexity index is 511. The number of halogens is 2. The van der Waals surface area contributed by atoms with Gasteiger partial charge in [-0.15, -0.1) is 0 Å². The minimum atomic E-state index is -0.501. The van der Waals surface area contributed by atoms with Crippen LogP contribution in [0.1, 0.15) is 12.0 Å². The normalized spacial score (nSPS) is 10.6. The molecular weight excluding hydrogens is 285 g/mol. The molecule has 4 nitrogen and oxygen atoms in total. The number of amides is 1. The molecule has 0 saturated carbocycles. The molecule has 6 heteroatoms. The molecule has 0 N–H and O–H groups in total. The van der Waals surface area contributed by atoms with Gasteiger partial charge in [-0.25, -0.2) is 4.39 Å². The van der Waals surface area contributed by atoms with Crippen LogP contribution in [0.25, 0.3) is 6.08 Å². The van der Waals surface area contributed by atoms with Gasteiger partial charge in [-0.2, -0.15) is 0 Å². The number of nitrogens with zero attached hydrogens (tertiary/aromatic N) is 1. The van der Waals surface area contributed by atoms with E-state index in [2.05, 4.69) is 4.74 Å². The Labute approximate surface area is 121 Å². The summed E-state index contributed by atoms with van der Waals surface area (Å²) in [6.45, 7) is 0.223. The van der Waals surface area contributed by atoms with Gasteiger partial charge in [0, 0.05) is 25.2 Å².